The number of hydrogen-bond donors (Lipinski definition) is 0. The first-order chi connectivity index (χ1) is 20.4. The second-order valence-electron chi connectivity index (χ2n) is 11.4. The molecule has 44 heavy (non-hydrogen) atoms. The average molecular weight is 666 g/mol. The Labute approximate surface area is 282 Å². The zero-order chi connectivity index (χ0) is 29.8. The standard InChI is InChI=1S/C22H19.C18H17.2CH3.Si.Zr/c1-15(2)18-13-17-9-6-12-21(22(17)14-18)20-11-5-8-16-7-3-4-10-19(16)20;1-12-10-17-14(3)8-9-16(18(17)11-12)15-7-5-4-6-13(15)2;;;;/h3-15H,1-2H3;4-11H,1-3H3;2*1H3;;/q4*-1;;. The SMILES string of the molecule is CC(C)c1cc2c(-c3cccc4ccccc34)cccc2[cH-]1.Cc1cc2c(-c3ccccc3C)ccc(C)c2[cH-]1.[CH3-].[CH3-].[Si]=[Zr]. The molecular weight excluding hydrogens is 624 g/mol. The van der Waals surface area contributed by atoms with Crippen LogP contribution in [0.2, 0.25) is 0 Å². The second-order valence-corrected chi connectivity index (χ2v) is 11.4. The molecule has 0 N–H and O–H groups in total. The van der Waals surface area contributed by atoms with Crippen molar-refractivity contribution in [2.45, 2.75) is 40.5 Å². The van der Waals surface area contributed by atoms with Crippen LogP contribution in [0.1, 0.15) is 42.0 Å². The zero-order valence-electron chi connectivity index (χ0n) is 27.1. The van der Waals surface area contributed by atoms with Crippen LogP contribution < -0.4 is 0 Å². The zero-order valence-corrected chi connectivity index (χ0v) is 30.6. The van der Waals surface area contributed by atoms with Gasteiger partial charge in [0.05, 0.1) is 0 Å². The van der Waals surface area contributed by atoms with Gasteiger partial charge in [0, 0.05) is 0 Å². The molecule has 0 saturated carbocycles. The number of rotatable bonds is 3. The third-order valence-corrected chi connectivity index (χ3v) is 8.20. The average Bonchev–Trinajstić information content (AvgIpc) is 3.64. The third kappa shape index (κ3) is 7.14. The number of hydrogen-bond acceptors (Lipinski definition) is 0. The first-order valence-electron chi connectivity index (χ1n) is 14.6. The minimum atomic E-state index is 0. The summed E-state index contributed by atoms with van der Waals surface area (Å²) in [7, 11) is 0. The molecular formula is C42H42SiZr-4. The second kappa shape index (κ2) is 15.6. The van der Waals surface area contributed by atoms with E-state index < -0.39 is 0 Å². The Hall–Kier alpha value is -3.32. The Morgan fingerprint density at radius 3 is 1.86 bits per heavy atom. The quantitative estimate of drug-likeness (QED) is 0.130. The van der Waals surface area contributed by atoms with Crippen LogP contribution in [0.25, 0.3) is 54.6 Å². The Kier molecular flexibility index (Phi) is 12.5. The molecule has 7 aromatic rings. The van der Waals surface area contributed by atoms with Crippen molar-refractivity contribution in [1.29, 1.82) is 0 Å². The van der Waals surface area contributed by atoms with Crippen molar-refractivity contribution in [2.24, 2.45) is 0 Å². The molecule has 222 valence electrons. The summed E-state index contributed by atoms with van der Waals surface area (Å²) in [6.45, 7) is 14.1. The predicted molar refractivity (Wildman–Crippen MR) is 194 cm³/mol. The fourth-order valence-electron chi connectivity index (χ4n) is 5.99. The van der Waals surface area contributed by atoms with Gasteiger partial charge in [-0.15, -0.1) is 68.6 Å². The van der Waals surface area contributed by atoms with Crippen molar-refractivity contribution >= 4 is 39.2 Å². The normalized spacial score (nSPS) is 10.4. The molecule has 0 heterocycles. The molecule has 2 heteroatoms. The van der Waals surface area contributed by atoms with Crippen LogP contribution in [-0.4, -0.2) is 6.88 Å². The molecule has 7 aromatic carbocycles. The molecule has 0 aliphatic rings. The van der Waals surface area contributed by atoms with Gasteiger partial charge in [-0.05, 0) is 40.3 Å². The molecule has 0 atom stereocenters. The van der Waals surface area contributed by atoms with E-state index in [1.807, 2.05) is 0 Å². The molecule has 7 rings (SSSR count). The van der Waals surface area contributed by atoms with Crippen molar-refractivity contribution in [3.63, 3.8) is 0 Å². The molecule has 0 bridgehead atoms. The van der Waals surface area contributed by atoms with Crippen LogP contribution in [0.5, 0.6) is 0 Å². The van der Waals surface area contributed by atoms with E-state index in [-0.39, 0.29) is 14.9 Å². The van der Waals surface area contributed by atoms with Crippen molar-refractivity contribution in [2.75, 3.05) is 0 Å². The fourth-order valence-corrected chi connectivity index (χ4v) is 5.99. The summed E-state index contributed by atoms with van der Waals surface area (Å²) < 4.78 is 0. The molecule has 0 aromatic heterocycles. The molecule has 0 nitrogen and oxygen atoms in total. The monoisotopic (exact) mass is 664 g/mol. The molecule has 0 spiro atoms. The third-order valence-electron chi connectivity index (χ3n) is 8.20. The van der Waals surface area contributed by atoms with Gasteiger partial charge in [-0.1, -0.05) is 118 Å². The minimum absolute atomic E-state index is 0. The van der Waals surface area contributed by atoms with E-state index in [9.17, 15) is 0 Å². The van der Waals surface area contributed by atoms with E-state index in [4.69, 9.17) is 0 Å². The summed E-state index contributed by atoms with van der Waals surface area (Å²) in [6.07, 6.45) is 0. The Balaban J connectivity index is 0.000000222. The molecule has 0 saturated heterocycles. The summed E-state index contributed by atoms with van der Waals surface area (Å²) in [4.78, 5) is 0. The molecule has 0 unspecified atom stereocenters. The summed E-state index contributed by atoms with van der Waals surface area (Å²) in [5.74, 6) is 0.563. The van der Waals surface area contributed by atoms with Gasteiger partial charge >= 0.3 is 30.2 Å². The first kappa shape index (κ1) is 35.2. The van der Waals surface area contributed by atoms with Gasteiger partial charge in [-0.3, -0.25) is 0 Å². The van der Waals surface area contributed by atoms with Crippen LogP contribution in [0.15, 0.2) is 121 Å². The fraction of sp³-hybridized carbons (Fsp3) is 0.143. The predicted octanol–water partition coefficient (Wildman–Crippen LogP) is 12.2. The van der Waals surface area contributed by atoms with E-state index in [2.05, 4.69) is 163 Å². The van der Waals surface area contributed by atoms with Crippen LogP contribution in [-0.2, 0) is 23.3 Å². The summed E-state index contributed by atoms with van der Waals surface area (Å²) in [5.41, 5.74) is 10.8. The molecule has 2 radical (unpaired) electrons. The van der Waals surface area contributed by atoms with Gasteiger partial charge in [-0.2, -0.15) is 12.1 Å². The van der Waals surface area contributed by atoms with Crippen LogP contribution in [0.4, 0.5) is 0 Å². The Morgan fingerprint density at radius 2 is 1.14 bits per heavy atom. The van der Waals surface area contributed by atoms with E-state index in [0.717, 1.165) is 0 Å². The van der Waals surface area contributed by atoms with Crippen molar-refractivity contribution in [1.82, 2.24) is 0 Å². The van der Waals surface area contributed by atoms with E-state index in [0.29, 0.717) is 5.92 Å². The number of benzene rings is 5. The van der Waals surface area contributed by atoms with E-state index >= 15 is 0 Å². The van der Waals surface area contributed by atoms with Gasteiger partial charge in [0.1, 0.15) is 0 Å². The number of aryl methyl sites for hydroxylation is 3. The van der Waals surface area contributed by atoms with Gasteiger partial charge in [0.25, 0.3) is 0 Å². The van der Waals surface area contributed by atoms with Gasteiger partial charge < -0.3 is 14.9 Å². The molecule has 0 aliphatic heterocycles. The number of fused-ring (bicyclic) bond motifs is 3. The van der Waals surface area contributed by atoms with E-state index in [1.54, 1.807) is 0 Å². The Bertz CT molecular complexity index is 1980. The van der Waals surface area contributed by atoms with E-state index in [1.165, 1.54) is 100 Å². The van der Waals surface area contributed by atoms with Gasteiger partial charge in [0.15, 0.2) is 0 Å². The summed E-state index contributed by atoms with van der Waals surface area (Å²) >= 11 is 1.36. The summed E-state index contributed by atoms with van der Waals surface area (Å²) in [5, 5.41) is 8.09. The van der Waals surface area contributed by atoms with Crippen molar-refractivity contribution < 1.29 is 23.3 Å². The topological polar surface area (TPSA) is 0 Å². The van der Waals surface area contributed by atoms with Crippen molar-refractivity contribution in [3.8, 4) is 22.3 Å². The van der Waals surface area contributed by atoms with Gasteiger partial charge in [-0.25, -0.2) is 0 Å². The van der Waals surface area contributed by atoms with Crippen LogP contribution >= 0.6 is 0 Å². The molecule has 0 aliphatic carbocycles. The summed E-state index contributed by atoms with van der Waals surface area (Å²) in [6, 6.07) is 44.2. The van der Waals surface area contributed by atoms with Crippen LogP contribution in [0, 0.1) is 35.6 Å². The first-order valence-corrected chi connectivity index (χ1v) is 18.7. The maximum atomic E-state index is 3.06. The maximum absolute atomic E-state index is 3.06. The van der Waals surface area contributed by atoms with Crippen LogP contribution in [0.3, 0.4) is 0 Å². The molecule has 0 amide bonds. The molecule has 0 fully saturated rings. The van der Waals surface area contributed by atoms with Crippen molar-refractivity contribution in [3.05, 3.63) is 158 Å². The Morgan fingerprint density at radius 1 is 0.545 bits per heavy atom. The van der Waals surface area contributed by atoms with Gasteiger partial charge in [0.2, 0.25) is 0 Å².